The summed E-state index contributed by atoms with van der Waals surface area (Å²) in [6.07, 6.45) is 3.27. The van der Waals surface area contributed by atoms with Gasteiger partial charge in [0.2, 0.25) is 0 Å². The van der Waals surface area contributed by atoms with Gasteiger partial charge < -0.3 is 14.4 Å². The van der Waals surface area contributed by atoms with Crippen LogP contribution >= 0.6 is 0 Å². The highest BCUT2D eigenvalue weighted by atomic mass is 16.5. The number of amides is 1. The molecule has 1 aliphatic heterocycles. The Kier molecular flexibility index (Phi) is 5.72. The van der Waals surface area contributed by atoms with E-state index in [0.717, 1.165) is 5.56 Å². The highest BCUT2D eigenvalue weighted by molar-refractivity contribution is 6.05. The number of rotatable bonds is 4. The van der Waals surface area contributed by atoms with Gasteiger partial charge in [-0.25, -0.2) is 9.78 Å². The molecule has 154 valence electrons. The minimum atomic E-state index is -0.549. The van der Waals surface area contributed by atoms with E-state index in [9.17, 15) is 9.59 Å². The number of ether oxygens (including phenoxy) is 2. The Morgan fingerprint density at radius 3 is 2.53 bits per heavy atom. The van der Waals surface area contributed by atoms with Crippen LogP contribution in [0.3, 0.4) is 0 Å². The fourth-order valence-electron chi connectivity index (χ4n) is 3.69. The molecule has 1 amide bonds. The molecule has 7 nitrogen and oxygen atoms in total. The van der Waals surface area contributed by atoms with Gasteiger partial charge >= 0.3 is 5.97 Å². The first-order valence-electron chi connectivity index (χ1n) is 9.92. The number of aromatic nitrogens is 2. The summed E-state index contributed by atoms with van der Waals surface area (Å²) in [5.74, 6) is -0.773. The second-order valence-corrected chi connectivity index (χ2v) is 7.44. The number of para-hydroxylation sites is 1. The first-order valence-corrected chi connectivity index (χ1v) is 9.92. The van der Waals surface area contributed by atoms with Crippen molar-refractivity contribution in [3.63, 3.8) is 0 Å². The van der Waals surface area contributed by atoms with Crippen molar-refractivity contribution in [2.24, 2.45) is 0 Å². The minimum absolute atomic E-state index is 0.0412. The van der Waals surface area contributed by atoms with Crippen LogP contribution in [-0.2, 0) is 14.3 Å². The minimum Gasteiger partial charge on any atom is -0.452 e. The van der Waals surface area contributed by atoms with Crippen LogP contribution in [0.4, 0.5) is 0 Å². The monoisotopic (exact) mass is 405 g/mol. The van der Waals surface area contributed by atoms with Crippen LogP contribution in [0.25, 0.3) is 22.2 Å². The number of hydrogen-bond acceptors (Lipinski definition) is 6. The largest absolute Gasteiger partial charge is 0.452 e. The second-order valence-electron chi connectivity index (χ2n) is 7.44. The van der Waals surface area contributed by atoms with Gasteiger partial charge in [0, 0.05) is 36.4 Å². The highest BCUT2D eigenvalue weighted by Crippen LogP contribution is 2.25. The molecule has 4 rings (SSSR count). The molecule has 3 aromatic rings. The van der Waals surface area contributed by atoms with Gasteiger partial charge in [-0.1, -0.05) is 18.2 Å². The van der Waals surface area contributed by atoms with E-state index in [2.05, 4.69) is 9.97 Å². The van der Waals surface area contributed by atoms with E-state index in [-0.39, 0.29) is 24.7 Å². The molecule has 30 heavy (non-hydrogen) atoms. The molecular weight excluding hydrogens is 382 g/mol. The van der Waals surface area contributed by atoms with Crippen molar-refractivity contribution in [2.45, 2.75) is 26.1 Å². The van der Waals surface area contributed by atoms with E-state index >= 15 is 0 Å². The Hall–Kier alpha value is -3.32. The molecule has 2 atom stereocenters. The van der Waals surface area contributed by atoms with E-state index in [4.69, 9.17) is 9.47 Å². The molecule has 2 aromatic heterocycles. The molecule has 1 fully saturated rings. The van der Waals surface area contributed by atoms with Crippen LogP contribution in [0.5, 0.6) is 0 Å². The van der Waals surface area contributed by atoms with Gasteiger partial charge in [-0.3, -0.25) is 9.78 Å². The fraction of sp³-hybridized carbons (Fsp3) is 0.304. The lowest BCUT2D eigenvalue weighted by molar-refractivity contribution is -0.146. The predicted octanol–water partition coefficient (Wildman–Crippen LogP) is 3.09. The number of fused-ring (bicyclic) bond motifs is 1. The maximum atomic E-state index is 12.9. The normalized spacial score (nSPS) is 18.9. The van der Waals surface area contributed by atoms with Crippen molar-refractivity contribution in [1.29, 1.82) is 0 Å². The van der Waals surface area contributed by atoms with Crippen molar-refractivity contribution < 1.29 is 19.1 Å². The van der Waals surface area contributed by atoms with Gasteiger partial charge in [0.05, 0.1) is 29.0 Å². The summed E-state index contributed by atoms with van der Waals surface area (Å²) in [6, 6.07) is 12.7. The van der Waals surface area contributed by atoms with Crippen molar-refractivity contribution in [1.82, 2.24) is 14.9 Å². The Morgan fingerprint density at radius 1 is 1.10 bits per heavy atom. The molecule has 1 aromatic carbocycles. The second kappa shape index (κ2) is 8.59. The Balaban J connectivity index is 1.56. The summed E-state index contributed by atoms with van der Waals surface area (Å²) in [5, 5.41) is 0.682. The average molecular weight is 405 g/mol. The molecule has 0 spiro atoms. The quantitative estimate of drug-likeness (QED) is 0.621. The topological polar surface area (TPSA) is 81.6 Å². The Morgan fingerprint density at radius 2 is 1.80 bits per heavy atom. The number of hydrogen-bond donors (Lipinski definition) is 0. The predicted molar refractivity (Wildman–Crippen MR) is 112 cm³/mol. The first-order chi connectivity index (χ1) is 14.5. The summed E-state index contributed by atoms with van der Waals surface area (Å²) < 4.78 is 11.1. The lowest BCUT2D eigenvalue weighted by atomic mass is 10.0. The van der Waals surface area contributed by atoms with Crippen molar-refractivity contribution in [3.05, 3.63) is 60.4 Å². The summed E-state index contributed by atoms with van der Waals surface area (Å²) in [4.78, 5) is 35.8. The van der Waals surface area contributed by atoms with Crippen LogP contribution in [-0.4, -0.2) is 58.6 Å². The number of morpholine rings is 1. The van der Waals surface area contributed by atoms with E-state index in [1.807, 2.05) is 50.2 Å². The highest BCUT2D eigenvalue weighted by Gasteiger charge is 2.27. The maximum absolute atomic E-state index is 12.9. The molecule has 7 heteroatoms. The molecule has 0 N–H and O–H groups in total. The first kappa shape index (κ1) is 20.0. The molecule has 0 aliphatic carbocycles. The number of carbonyl (C=O) groups excluding carboxylic acids is 2. The lowest BCUT2D eigenvalue weighted by Gasteiger charge is -2.35. The molecule has 0 saturated carbocycles. The summed E-state index contributed by atoms with van der Waals surface area (Å²) in [7, 11) is 0. The lowest BCUT2D eigenvalue weighted by Crippen LogP contribution is -2.49. The summed E-state index contributed by atoms with van der Waals surface area (Å²) >= 11 is 0. The number of carbonyl (C=O) groups is 2. The number of esters is 1. The molecule has 0 radical (unpaired) electrons. The van der Waals surface area contributed by atoms with Crippen LogP contribution in [0.2, 0.25) is 0 Å². The van der Waals surface area contributed by atoms with E-state index < -0.39 is 5.97 Å². The van der Waals surface area contributed by atoms with Crippen LogP contribution in [0.15, 0.2) is 54.9 Å². The number of pyridine rings is 2. The fourth-order valence-corrected chi connectivity index (χ4v) is 3.69. The van der Waals surface area contributed by atoms with Crippen LogP contribution in [0.1, 0.15) is 24.2 Å². The summed E-state index contributed by atoms with van der Waals surface area (Å²) in [6.45, 7) is 4.52. The van der Waals surface area contributed by atoms with Gasteiger partial charge in [-0.05, 0) is 38.1 Å². The molecule has 1 aliphatic rings. The molecule has 3 heterocycles. The maximum Gasteiger partial charge on any atom is 0.339 e. The van der Waals surface area contributed by atoms with Gasteiger partial charge in [0.1, 0.15) is 0 Å². The molecule has 2 unspecified atom stereocenters. The van der Waals surface area contributed by atoms with Gasteiger partial charge in [-0.2, -0.15) is 0 Å². The third-order valence-corrected chi connectivity index (χ3v) is 5.01. The third kappa shape index (κ3) is 4.31. The van der Waals surface area contributed by atoms with Gasteiger partial charge in [-0.15, -0.1) is 0 Å². The number of nitrogens with zero attached hydrogens (tertiary/aromatic N) is 3. The Labute approximate surface area is 174 Å². The summed E-state index contributed by atoms with van der Waals surface area (Å²) in [5.41, 5.74) is 2.55. The van der Waals surface area contributed by atoms with Crippen LogP contribution in [0, 0.1) is 0 Å². The smallest absolute Gasteiger partial charge is 0.339 e. The van der Waals surface area contributed by atoms with E-state index in [1.165, 1.54) is 0 Å². The van der Waals surface area contributed by atoms with Crippen molar-refractivity contribution in [2.75, 3.05) is 19.7 Å². The zero-order valence-electron chi connectivity index (χ0n) is 16.9. The zero-order chi connectivity index (χ0) is 21.1. The van der Waals surface area contributed by atoms with Gasteiger partial charge in [0.25, 0.3) is 5.91 Å². The average Bonchev–Trinajstić information content (AvgIpc) is 2.76. The zero-order valence-corrected chi connectivity index (χ0v) is 16.9. The molecular formula is C23H23N3O4. The van der Waals surface area contributed by atoms with Crippen molar-refractivity contribution in [3.8, 4) is 11.3 Å². The van der Waals surface area contributed by atoms with Crippen LogP contribution < -0.4 is 0 Å². The standard InChI is InChI=1S/C23H23N3O4/c1-15-12-26(13-16(2)30-15)22(27)14-29-23(28)19-11-21(17-7-9-24-10-8-17)25-20-6-4-3-5-18(19)20/h3-11,15-16H,12-14H2,1-2H3. The van der Waals surface area contributed by atoms with E-state index in [1.54, 1.807) is 23.4 Å². The Bertz CT molecular complexity index is 1060. The third-order valence-electron chi connectivity index (χ3n) is 5.01. The van der Waals surface area contributed by atoms with E-state index in [0.29, 0.717) is 35.2 Å². The molecule has 0 bridgehead atoms. The molecule has 1 saturated heterocycles. The van der Waals surface area contributed by atoms with Gasteiger partial charge in [0.15, 0.2) is 6.61 Å². The SMILES string of the molecule is CC1CN(C(=O)COC(=O)c2cc(-c3ccncc3)nc3ccccc23)CC(C)O1. The van der Waals surface area contributed by atoms with Crippen molar-refractivity contribution >= 4 is 22.8 Å². The number of benzene rings is 1.